The number of pyridine rings is 1. The third-order valence-corrected chi connectivity index (χ3v) is 3.41. The molecule has 1 heterocycles. The fourth-order valence-corrected chi connectivity index (χ4v) is 2.21. The smallest absolute Gasteiger partial charge is 0.251 e. The van der Waals surface area contributed by atoms with Crippen LogP contribution in [-0.2, 0) is 0 Å². The number of H-pyrrole nitrogens is 1. The maximum Gasteiger partial charge on any atom is 0.251 e. The first kappa shape index (κ1) is 14.4. The third kappa shape index (κ3) is 2.77. The van der Waals surface area contributed by atoms with Gasteiger partial charge in [0.2, 0.25) is 0 Å². The SMILES string of the molecule is CC=CCOc1ccc(C)c2[nH]c(=O)c(C(C)C)cc12. The highest BCUT2D eigenvalue weighted by Gasteiger charge is 2.11. The minimum Gasteiger partial charge on any atom is -0.489 e. The van der Waals surface area contributed by atoms with E-state index in [2.05, 4.69) is 4.98 Å². The molecule has 2 rings (SSSR count). The summed E-state index contributed by atoms with van der Waals surface area (Å²) >= 11 is 0. The van der Waals surface area contributed by atoms with Crippen LogP contribution in [-0.4, -0.2) is 11.6 Å². The Balaban J connectivity index is 2.61. The van der Waals surface area contributed by atoms with Gasteiger partial charge in [0.1, 0.15) is 12.4 Å². The number of nitrogens with one attached hydrogen (secondary N) is 1. The van der Waals surface area contributed by atoms with Gasteiger partial charge >= 0.3 is 0 Å². The van der Waals surface area contributed by atoms with E-state index in [-0.39, 0.29) is 11.5 Å². The molecule has 0 atom stereocenters. The summed E-state index contributed by atoms with van der Waals surface area (Å²) in [7, 11) is 0. The lowest BCUT2D eigenvalue weighted by atomic mass is 10.0. The van der Waals surface area contributed by atoms with Crippen LogP contribution in [0.3, 0.4) is 0 Å². The molecule has 0 amide bonds. The van der Waals surface area contributed by atoms with E-state index in [4.69, 9.17) is 4.74 Å². The summed E-state index contributed by atoms with van der Waals surface area (Å²) in [5.74, 6) is 0.994. The molecule has 1 aromatic heterocycles. The van der Waals surface area contributed by atoms with Gasteiger partial charge in [-0.3, -0.25) is 4.79 Å². The molecule has 0 spiro atoms. The minimum atomic E-state index is -0.0128. The molecule has 2 aromatic rings. The lowest BCUT2D eigenvalue weighted by Gasteiger charge is -2.12. The monoisotopic (exact) mass is 271 g/mol. The summed E-state index contributed by atoms with van der Waals surface area (Å²) in [5, 5.41) is 0.970. The molecule has 1 aromatic carbocycles. The lowest BCUT2D eigenvalue weighted by molar-refractivity contribution is 0.367. The molecule has 1 N–H and O–H groups in total. The number of ether oxygens (including phenoxy) is 1. The Labute approximate surface area is 119 Å². The molecule has 0 saturated carbocycles. The number of hydrogen-bond donors (Lipinski definition) is 1. The summed E-state index contributed by atoms with van der Waals surface area (Å²) in [4.78, 5) is 15.1. The van der Waals surface area contributed by atoms with E-state index in [1.54, 1.807) is 0 Å². The van der Waals surface area contributed by atoms with Gasteiger partial charge in [0.05, 0.1) is 5.52 Å². The van der Waals surface area contributed by atoms with Gasteiger partial charge in [-0.05, 0) is 37.5 Å². The molecule has 0 aliphatic rings. The third-order valence-electron chi connectivity index (χ3n) is 3.41. The van der Waals surface area contributed by atoms with E-state index in [1.807, 2.05) is 58.0 Å². The average molecular weight is 271 g/mol. The maximum absolute atomic E-state index is 12.1. The van der Waals surface area contributed by atoms with Gasteiger partial charge in [0, 0.05) is 10.9 Å². The van der Waals surface area contributed by atoms with E-state index in [0.29, 0.717) is 6.61 Å². The fraction of sp³-hybridized carbons (Fsp3) is 0.353. The zero-order valence-electron chi connectivity index (χ0n) is 12.5. The number of rotatable bonds is 4. The summed E-state index contributed by atoms with van der Waals surface area (Å²) in [6.07, 6.45) is 3.92. The van der Waals surface area contributed by atoms with Crippen LogP contribution in [0.4, 0.5) is 0 Å². The van der Waals surface area contributed by atoms with Gasteiger partial charge in [-0.25, -0.2) is 0 Å². The Bertz CT molecular complexity index is 696. The summed E-state index contributed by atoms with van der Waals surface area (Å²) in [6.45, 7) is 8.53. The number of aromatic amines is 1. The van der Waals surface area contributed by atoms with Gasteiger partial charge in [-0.1, -0.05) is 32.1 Å². The van der Waals surface area contributed by atoms with Crippen LogP contribution in [0, 0.1) is 6.92 Å². The van der Waals surface area contributed by atoms with Crippen molar-refractivity contribution in [2.45, 2.75) is 33.6 Å². The van der Waals surface area contributed by atoms with Gasteiger partial charge in [-0.15, -0.1) is 0 Å². The van der Waals surface area contributed by atoms with E-state index in [1.165, 1.54) is 0 Å². The molecule has 0 aliphatic heterocycles. The van der Waals surface area contributed by atoms with Crippen LogP contribution < -0.4 is 10.3 Å². The summed E-state index contributed by atoms with van der Waals surface area (Å²) in [5.41, 5.74) is 2.68. The first-order valence-corrected chi connectivity index (χ1v) is 6.95. The minimum absolute atomic E-state index is 0.0128. The predicted molar refractivity (Wildman–Crippen MR) is 83.7 cm³/mol. The zero-order chi connectivity index (χ0) is 14.7. The number of fused-ring (bicyclic) bond motifs is 1. The van der Waals surface area contributed by atoms with Gasteiger partial charge < -0.3 is 9.72 Å². The molecule has 3 heteroatoms. The topological polar surface area (TPSA) is 42.1 Å². The standard InChI is InChI=1S/C17H21NO2/c1-5-6-9-20-15-8-7-12(4)16-14(15)10-13(11(2)3)17(19)18-16/h5-8,10-11H,9H2,1-4H3,(H,18,19). The Morgan fingerprint density at radius 1 is 1.35 bits per heavy atom. The number of aromatic nitrogens is 1. The van der Waals surface area contributed by atoms with Crippen LogP contribution in [0.1, 0.15) is 37.8 Å². The highest BCUT2D eigenvalue weighted by molar-refractivity contribution is 5.88. The second-order valence-electron chi connectivity index (χ2n) is 5.26. The first-order chi connectivity index (χ1) is 9.54. The number of benzene rings is 1. The molecular formula is C17H21NO2. The average Bonchev–Trinajstić information content (AvgIpc) is 2.41. The van der Waals surface area contributed by atoms with Crippen molar-refractivity contribution in [3.05, 3.63) is 51.8 Å². The van der Waals surface area contributed by atoms with Gasteiger partial charge in [0.15, 0.2) is 0 Å². The number of aryl methyl sites for hydroxylation is 1. The van der Waals surface area contributed by atoms with Crippen molar-refractivity contribution in [3.8, 4) is 5.75 Å². The van der Waals surface area contributed by atoms with Crippen molar-refractivity contribution in [1.82, 2.24) is 4.98 Å². The number of hydrogen-bond acceptors (Lipinski definition) is 2. The van der Waals surface area contributed by atoms with Crippen molar-refractivity contribution < 1.29 is 4.74 Å². The van der Waals surface area contributed by atoms with E-state index < -0.39 is 0 Å². The van der Waals surface area contributed by atoms with Gasteiger partial charge in [0.25, 0.3) is 5.56 Å². The largest absolute Gasteiger partial charge is 0.489 e. The molecule has 0 fully saturated rings. The highest BCUT2D eigenvalue weighted by atomic mass is 16.5. The maximum atomic E-state index is 12.1. The first-order valence-electron chi connectivity index (χ1n) is 6.95. The van der Waals surface area contributed by atoms with E-state index in [9.17, 15) is 4.79 Å². The molecule has 0 radical (unpaired) electrons. The second kappa shape index (κ2) is 5.95. The van der Waals surface area contributed by atoms with Crippen LogP contribution >= 0.6 is 0 Å². The Kier molecular flexibility index (Phi) is 4.28. The molecule has 20 heavy (non-hydrogen) atoms. The van der Waals surface area contributed by atoms with Crippen molar-refractivity contribution in [2.75, 3.05) is 6.61 Å². The van der Waals surface area contributed by atoms with Gasteiger partial charge in [-0.2, -0.15) is 0 Å². The lowest BCUT2D eigenvalue weighted by Crippen LogP contribution is -2.14. The molecule has 3 nitrogen and oxygen atoms in total. The predicted octanol–water partition coefficient (Wildman–Crippen LogP) is 3.91. The van der Waals surface area contributed by atoms with Crippen LogP contribution in [0.5, 0.6) is 5.75 Å². The summed E-state index contributed by atoms with van der Waals surface area (Å²) in [6, 6.07) is 5.89. The molecule has 0 saturated heterocycles. The Morgan fingerprint density at radius 2 is 2.10 bits per heavy atom. The normalized spacial score (nSPS) is 11.7. The van der Waals surface area contributed by atoms with Crippen molar-refractivity contribution >= 4 is 10.9 Å². The number of allylic oxidation sites excluding steroid dienone is 1. The van der Waals surface area contributed by atoms with Crippen LogP contribution in [0.2, 0.25) is 0 Å². The van der Waals surface area contributed by atoms with E-state index in [0.717, 1.165) is 27.8 Å². The van der Waals surface area contributed by atoms with Crippen LogP contribution in [0.15, 0.2) is 35.1 Å². The highest BCUT2D eigenvalue weighted by Crippen LogP contribution is 2.28. The van der Waals surface area contributed by atoms with Crippen molar-refractivity contribution in [2.24, 2.45) is 0 Å². The molecule has 0 aliphatic carbocycles. The summed E-state index contributed by atoms with van der Waals surface area (Å²) < 4.78 is 5.78. The van der Waals surface area contributed by atoms with Crippen molar-refractivity contribution in [3.63, 3.8) is 0 Å². The molecule has 0 bridgehead atoms. The molecule has 106 valence electrons. The Hall–Kier alpha value is -2.03. The molecule has 0 unspecified atom stereocenters. The zero-order valence-corrected chi connectivity index (χ0v) is 12.5. The fourth-order valence-electron chi connectivity index (χ4n) is 2.21. The van der Waals surface area contributed by atoms with E-state index >= 15 is 0 Å². The second-order valence-corrected chi connectivity index (χ2v) is 5.26. The molecular weight excluding hydrogens is 250 g/mol. The van der Waals surface area contributed by atoms with Crippen LogP contribution in [0.25, 0.3) is 10.9 Å². The van der Waals surface area contributed by atoms with Crippen molar-refractivity contribution in [1.29, 1.82) is 0 Å². The Morgan fingerprint density at radius 3 is 2.75 bits per heavy atom. The quantitative estimate of drug-likeness (QED) is 0.856.